The van der Waals surface area contributed by atoms with Gasteiger partial charge in [-0.3, -0.25) is 14.3 Å². The second-order valence-electron chi connectivity index (χ2n) is 9.38. The predicted molar refractivity (Wildman–Crippen MR) is 158 cm³/mol. The van der Waals surface area contributed by atoms with Gasteiger partial charge in [-0.25, -0.2) is 9.78 Å². The lowest BCUT2D eigenvalue weighted by molar-refractivity contribution is 0.415. The standard InChI is InChI=1S/C27H29N7O3S2/c1-31-23-22(24(35)30-26(31)36)34(12-5-17-38-27-28-20-6-3-4-7-21(20)39-27)25(29-23)33-15-13-32(14-16-33)18-8-10-19(37-2)11-9-18/h3-4,6-11H,5,12-17H2,1-2H3,(H,30,35,36). The number of rotatable bonds is 8. The van der Waals surface area contributed by atoms with Crippen molar-refractivity contribution in [2.24, 2.45) is 7.05 Å². The molecular formula is C27H29N7O3S2. The molecule has 0 radical (unpaired) electrons. The fourth-order valence-corrected chi connectivity index (χ4v) is 6.99. The third-order valence-electron chi connectivity index (χ3n) is 7.01. The minimum absolute atomic E-state index is 0.400. The maximum atomic E-state index is 12.9. The Morgan fingerprint density at radius 2 is 1.74 bits per heavy atom. The molecule has 1 N–H and O–H groups in total. The van der Waals surface area contributed by atoms with Gasteiger partial charge in [0, 0.05) is 51.2 Å². The number of piperazine rings is 1. The van der Waals surface area contributed by atoms with E-state index in [2.05, 4.69) is 33.0 Å². The number of anilines is 2. The molecule has 0 saturated carbocycles. The van der Waals surface area contributed by atoms with Crippen LogP contribution in [0, 0.1) is 0 Å². The van der Waals surface area contributed by atoms with Crippen molar-refractivity contribution in [3.63, 3.8) is 0 Å². The van der Waals surface area contributed by atoms with Gasteiger partial charge >= 0.3 is 5.69 Å². The first kappa shape index (κ1) is 25.5. The molecule has 1 aliphatic rings. The first-order valence-corrected chi connectivity index (χ1v) is 14.6. The maximum absolute atomic E-state index is 12.9. The molecule has 5 aromatic rings. The SMILES string of the molecule is COc1ccc(N2CCN(c3nc4c(c(=O)[nH]c(=O)n4C)n3CCCSc3nc4ccccc4s3)CC2)cc1. The molecule has 0 atom stereocenters. The Balaban J connectivity index is 1.21. The number of methoxy groups -OCH3 is 1. The minimum atomic E-state index is -0.459. The van der Waals surface area contributed by atoms with Gasteiger partial charge in [0.05, 0.1) is 17.3 Å². The third kappa shape index (κ3) is 5.01. The average Bonchev–Trinajstić information content (AvgIpc) is 3.56. The van der Waals surface area contributed by atoms with Gasteiger partial charge in [0.1, 0.15) is 5.75 Å². The highest BCUT2D eigenvalue weighted by molar-refractivity contribution is 8.01. The van der Waals surface area contributed by atoms with Crippen molar-refractivity contribution in [2.75, 3.05) is 48.8 Å². The molecule has 39 heavy (non-hydrogen) atoms. The van der Waals surface area contributed by atoms with Crippen molar-refractivity contribution >= 4 is 56.1 Å². The summed E-state index contributed by atoms with van der Waals surface area (Å²) in [6, 6.07) is 16.2. The predicted octanol–water partition coefficient (Wildman–Crippen LogP) is 3.55. The molecule has 0 unspecified atom stereocenters. The van der Waals surface area contributed by atoms with Crippen LogP contribution < -0.4 is 25.8 Å². The van der Waals surface area contributed by atoms with Gasteiger partial charge in [0.25, 0.3) is 5.56 Å². The Labute approximate surface area is 232 Å². The third-order valence-corrected chi connectivity index (χ3v) is 9.28. The molecule has 0 spiro atoms. The summed E-state index contributed by atoms with van der Waals surface area (Å²) >= 11 is 3.43. The van der Waals surface area contributed by atoms with E-state index in [0.717, 1.165) is 65.6 Å². The largest absolute Gasteiger partial charge is 0.497 e. The second kappa shape index (κ2) is 10.8. The zero-order valence-electron chi connectivity index (χ0n) is 21.8. The van der Waals surface area contributed by atoms with Crippen molar-refractivity contribution in [3.8, 4) is 5.75 Å². The van der Waals surface area contributed by atoms with Crippen LogP contribution in [0.1, 0.15) is 6.42 Å². The quantitative estimate of drug-likeness (QED) is 0.226. The lowest BCUT2D eigenvalue weighted by Gasteiger charge is -2.36. The van der Waals surface area contributed by atoms with Crippen molar-refractivity contribution in [2.45, 2.75) is 17.3 Å². The molecule has 10 nitrogen and oxygen atoms in total. The first-order chi connectivity index (χ1) is 19.0. The molecule has 1 fully saturated rings. The van der Waals surface area contributed by atoms with Crippen molar-refractivity contribution in [1.82, 2.24) is 24.1 Å². The molecule has 0 bridgehead atoms. The smallest absolute Gasteiger partial charge is 0.329 e. The summed E-state index contributed by atoms with van der Waals surface area (Å²) in [5.74, 6) is 2.42. The molecule has 0 amide bonds. The van der Waals surface area contributed by atoms with Gasteiger partial charge in [0.2, 0.25) is 5.95 Å². The van der Waals surface area contributed by atoms with Gasteiger partial charge in [-0.15, -0.1) is 11.3 Å². The number of imidazole rings is 1. The number of nitrogens with zero attached hydrogens (tertiary/aromatic N) is 6. The van der Waals surface area contributed by atoms with Crippen LogP contribution in [0.4, 0.5) is 11.6 Å². The van der Waals surface area contributed by atoms with E-state index < -0.39 is 11.2 Å². The van der Waals surface area contributed by atoms with Crippen LogP contribution in [0.25, 0.3) is 21.4 Å². The van der Waals surface area contributed by atoms with E-state index in [-0.39, 0.29) is 0 Å². The Kier molecular flexibility index (Phi) is 7.05. The number of para-hydroxylation sites is 1. The number of nitrogens with one attached hydrogen (secondary N) is 1. The second-order valence-corrected chi connectivity index (χ2v) is 11.7. The van der Waals surface area contributed by atoms with Gasteiger partial charge in [-0.05, 0) is 42.8 Å². The highest BCUT2D eigenvalue weighted by atomic mass is 32.2. The van der Waals surface area contributed by atoms with E-state index in [4.69, 9.17) is 14.7 Å². The zero-order valence-corrected chi connectivity index (χ0v) is 23.4. The van der Waals surface area contributed by atoms with Crippen LogP contribution >= 0.6 is 23.1 Å². The Bertz CT molecular complexity index is 1700. The van der Waals surface area contributed by atoms with Crippen LogP contribution in [0.5, 0.6) is 5.75 Å². The number of ether oxygens (including phenoxy) is 1. The monoisotopic (exact) mass is 563 g/mol. The number of hydrogen-bond acceptors (Lipinski definition) is 9. The molecule has 6 rings (SSSR count). The number of benzene rings is 2. The van der Waals surface area contributed by atoms with Crippen molar-refractivity contribution < 1.29 is 4.74 Å². The number of hydrogen-bond donors (Lipinski definition) is 1. The number of aromatic amines is 1. The molecule has 1 saturated heterocycles. The highest BCUT2D eigenvalue weighted by Gasteiger charge is 2.25. The summed E-state index contributed by atoms with van der Waals surface area (Å²) in [7, 11) is 3.31. The molecule has 1 aliphatic heterocycles. The highest BCUT2D eigenvalue weighted by Crippen LogP contribution is 2.30. The topological polar surface area (TPSA) is 101 Å². The summed E-state index contributed by atoms with van der Waals surface area (Å²) in [5, 5.41) is 0. The fraction of sp³-hybridized carbons (Fsp3) is 0.333. The van der Waals surface area contributed by atoms with Crippen molar-refractivity contribution in [1.29, 1.82) is 0 Å². The Morgan fingerprint density at radius 1 is 1.00 bits per heavy atom. The molecule has 3 aromatic heterocycles. The Morgan fingerprint density at radius 3 is 2.49 bits per heavy atom. The van der Waals surface area contributed by atoms with Gasteiger partial charge in [-0.1, -0.05) is 23.9 Å². The first-order valence-electron chi connectivity index (χ1n) is 12.8. The number of thiazole rings is 1. The van der Waals surface area contributed by atoms with Crippen LogP contribution in [-0.2, 0) is 13.6 Å². The average molecular weight is 564 g/mol. The number of fused-ring (bicyclic) bond motifs is 2. The zero-order chi connectivity index (χ0) is 26.9. The van der Waals surface area contributed by atoms with Gasteiger partial charge in [0.15, 0.2) is 15.5 Å². The van der Waals surface area contributed by atoms with E-state index in [0.29, 0.717) is 17.7 Å². The fourth-order valence-electron chi connectivity index (χ4n) is 4.93. The molecule has 12 heteroatoms. The number of aryl methyl sites for hydroxylation is 2. The van der Waals surface area contributed by atoms with E-state index in [1.54, 1.807) is 37.3 Å². The van der Waals surface area contributed by atoms with Gasteiger partial charge < -0.3 is 19.1 Å². The summed E-state index contributed by atoms with van der Waals surface area (Å²) in [5.41, 5.74) is 2.16. The Hall–Kier alpha value is -3.77. The minimum Gasteiger partial charge on any atom is -0.497 e. The molecule has 2 aromatic carbocycles. The normalized spacial score (nSPS) is 14.0. The number of thioether (sulfide) groups is 1. The molecule has 0 aliphatic carbocycles. The number of H-pyrrole nitrogens is 1. The van der Waals surface area contributed by atoms with Crippen LogP contribution in [0.15, 0.2) is 62.5 Å². The van der Waals surface area contributed by atoms with E-state index in [9.17, 15) is 9.59 Å². The van der Waals surface area contributed by atoms with Crippen LogP contribution in [0.3, 0.4) is 0 Å². The van der Waals surface area contributed by atoms with Crippen LogP contribution in [-0.4, -0.2) is 63.1 Å². The van der Waals surface area contributed by atoms with Crippen LogP contribution in [0.2, 0.25) is 0 Å². The summed E-state index contributed by atoms with van der Waals surface area (Å²) in [4.78, 5) is 41.8. The van der Waals surface area contributed by atoms with E-state index >= 15 is 0 Å². The maximum Gasteiger partial charge on any atom is 0.329 e. The van der Waals surface area contributed by atoms with E-state index in [1.807, 2.05) is 34.9 Å². The lowest BCUT2D eigenvalue weighted by atomic mass is 10.2. The van der Waals surface area contributed by atoms with Crippen molar-refractivity contribution in [3.05, 3.63) is 69.4 Å². The lowest BCUT2D eigenvalue weighted by Crippen LogP contribution is -2.47. The summed E-state index contributed by atoms with van der Waals surface area (Å²) < 4.78 is 10.9. The molecule has 4 heterocycles. The summed E-state index contributed by atoms with van der Waals surface area (Å²) in [6.45, 7) is 3.75. The van der Waals surface area contributed by atoms with Gasteiger partial charge in [-0.2, -0.15) is 4.98 Å². The van der Waals surface area contributed by atoms with E-state index in [1.165, 1.54) is 9.27 Å². The number of aromatic nitrogens is 5. The molecular weight excluding hydrogens is 534 g/mol. The molecule has 202 valence electrons. The summed E-state index contributed by atoms with van der Waals surface area (Å²) in [6.07, 6.45) is 0.827.